The highest BCUT2D eigenvalue weighted by molar-refractivity contribution is 5.22. The summed E-state index contributed by atoms with van der Waals surface area (Å²) in [5.41, 5.74) is 7.22. The highest BCUT2D eigenvalue weighted by atomic mass is 19.1. The number of nitrogens with zero attached hydrogens (tertiary/aromatic N) is 1. The van der Waals surface area contributed by atoms with Gasteiger partial charge in [0.1, 0.15) is 5.82 Å². The number of nitrogens with two attached hydrogens (primary N) is 1. The molecule has 92 valence electrons. The van der Waals surface area contributed by atoms with E-state index >= 15 is 0 Å². The van der Waals surface area contributed by atoms with E-state index in [2.05, 4.69) is 4.90 Å². The Bertz CT molecular complexity index is 403. The summed E-state index contributed by atoms with van der Waals surface area (Å²) in [7, 11) is 0. The molecule has 3 heteroatoms. The van der Waals surface area contributed by atoms with Crippen LogP contribution in [0.15, 0.2) is 24.3 Å². The monoisotopic (exact) mass is 234 g/mol. The maximum absolute atomic E-state index is 13.2. The average Bonchev–Trinajstić information content (AvgIpc) is 3.12. The van der Waals surface area contributed by atoms with Crippen molar-refractivity contribution in [3.8, 4) is 0 Å². The van der Waals surface area contributed by atoms with Crippen LogP contribution in [0.5, 0.6) is 0 Å². The molecule has 0 aromatic heterocycles. The fourth-order valence-electron chi connectivity index (χ4n) is 2.91. The molecular weight excluding hydrogens is 215 g/mol. The number of hydrogen-bond acceptors (Lipinski definition) is 2. The van der Waals surface area contributed by atoms with Gasteiger partial charge in [-0.3, -0.25) is 4.90 Å². The van der Waals surface area contributed by atoms with E-state index in [1.54, 1.807) is 12.1 Å². The summed E-state index contributed by atoms with van der Waals surface area (Å²) in [6, 6.07) is 7.97. The Kier molecular flexibility index (Phi) is 2.89. The minimum Gasteiger partial charge on any atom is -0.327 e. The summed E-state index contributed by atoms with van der Waals surface area (Å²) < 4.78 is 13.2. The summed E-state index contributed by atoms with van der Waals surface area (Å²) >= 11 is 0. The van der Waals surface area contributed by atoms with Gasteiger partial charge < -0.3 is 5.73 Å². The van der Waals surface area contributed by atoms with E-state index in [4.69, 9.17) is 5.73 Å². The van der Waals surface area contributed by atoms with Crippen molar-refractivity contribution in [3.05, 3.63) is 35.6 Å². The second-order valence-corrected chi connectivity index (χ2v) is 5.43. The average molecular weight is 234 g/mol. The molecular formula is C14H19FN2. The molecule has 1 aliphatic carbocycles. The quantitative estimate of drug-likeness (QED) is 0.849. The lowest BCUT2D eigenvalue weighted by molar-refractivity contribution is 0.180. The third-order valence-corrected chi connectivity index (χ3v) is 3.89. The van der Waals surface area contributed by atoms with E-state index in [9.17, 15) is 4.39 Å². The minimum absolute atomic E-state index is 0.139. The number of halogens is 1. The van der Waals surface area contributed by atoms with Crippen LogP contribution >= 0.6 is 0 Å². The molecule has 17 heavy (non-hydrogen) atoms. The van der Waals surface area contributed by atoms with E-state index in [-0.39, 0.29) is 11.9 Å². The van der Waals surface area contributed by atoms with Gasteiger partial charge in [0.25, 0.3) is 0 Å². The molecule has 3 rings (SSSR count). The molecule has 1 heterocycles. The van der Waals surface area contributed by atoms with Gasteiger partial charge in [0.15, 0.2) is 0 Å². The highest BCUT2D eigenvalue weighted by Crippen LogP contribution is 2.34. The lowest BCUT2D eigenvalue weighted by Gasteiger charge is -2.36. The van der Waals surface area contributed by atoms with Crippen LogP contribution in [0, 0.1) is 5.82 Å². The lowest BCUT2D eigenvalue weighted by atomic mass is 9.88. The zero-order valence-corrected chi connectivity index (χ0v) is 9.98. The number of piperidine rings is 1. The largest absolute Gasteiger partial charge is 0.327 e. The molecule has 2 atom stereocenters. The third-order valence-electron chi connectivity index (χ3n) is 3.89. The van der Waals surface area contributed by atoms with Crippen LogP contribution in [0.2, 0.25) is 0 Å². The molecule has 0 bridgehead atoms. The molecule has 0 amide bonds. The van der Waals surface area contributed by atoms with Crippen molar-refractivity contribution in [2.75, 3.05) is 13.1 Å². The molecule has 2 unspecified atom stereocenters. The van der Waals surface area contributed by atoms with E-state index in [0.717, 1.165) is 31.1 Å². The fourth-order valence-corrected chi connectivity index (χ4v) is 2.91. The van der Waals surface area contributed by atoms with Crippen LogP contribution < -0.4 is 5.73 Å². The molecule has 2 N–H and O–H groups in total. The number of benzene rings is 1. The Morgan fingerprint density at radius 2 is 2.06 bits per heavy atom. The first-order valence-corrected chi connectivity index (χ1v) is 6.47. The van der Waals surface area contributed by atoms with Crippen LogP contribution in [0.4, 0.5) is 4.39 Å². The first kappa shape index (κ1) is 11.2. The second-order valence-electron chi connectivity index (χ2n) is 5.43. The fraction of sp³-hybridized carbons (Fsp3) is 0.571. The second kappa shape index (κ2) is 4.39. The van der Waals surface area contributed by atoms with E-state index in [0.29, 0.717) is 5.92 Å². The molecule has 1 saturated carbocycles. The van der Waals surface area contributed by atoms with Crippen molar-refractivity contribution in [2.24, 2.45) is 5.73 Å². The van der Waals surface area contributed by atoms with Gasteiger partial charge in [-0.1, -0.05) is 12.1 Å². The van der Waals surface area contributed by atoms with Crippen LogP contribution in [-0.4, -0.2) is 30.1 Å². The van der Waals surface area contributed by atoms with Crippen molar-refractivity contribution in [2.45, 2.75) is 37.3 Å². The van der Waals surface area contributed by atoms with E-state index < -0.39 is 0 Å². The van der Waals surface area contributed by atoms with Crippen molar-refractivity contribution in [1.82, 2.24) is 4.90 Å². The Hall–Kier alpha value is -0.930. The Balaban J connectivity index is 1.77. The summed E-state index contributed by atoms with van der Waals surface area (Å²) in [4.78, 5) is 2.49. The maximum atomic E-state index is 13.2. The zero-order chi connectivity index (χ0) is 11.8. The predicted molar refractivity (Wildman–Crippen MR) is 66.3 cm³/mol. The Morgan fingerprint density at radius 3 is 2.76 bits per heavy atom. The van der Waals surface area contributed by atoms with Crippen molar-refractivity contribution in [1.29, 1.82) is 0 Å². The summed E-state index contributed by atoms with van der Waals surface area (Å²) in [6.45, 7) is 2.05. The van der Waals surface area contributed by atoms with Crippen molar-refractivity contribution < 1.29 is 4.39 Å². The van der Waals surface area contributed by atoms with Gasteiger partial charge >= 0.3 is 0 Å². The first-order valence-electron chi connectivity index (χ1n) is 6.47. The standard InChI is InChI=1S/C14H19FN2/c15-12-3-1-2-10(6-12)11-7-13(16)9-17(8-11)14-4-5-14/h1-3,6,11,13-14H,4-5,7-9,16H2. The highest BCUT2D eigenvalue weighted by Gasteiger charge is 2.35. The summed E-state index contributed by atoms with van der Waals surface area (Å²) in [6.07, 6.45) is 3.60. The van der Waals surface area contributed by atoms with Gasteiger partial charge in [0, 0.05) is 25.2 Å². The molecule has 1 saturated heterocycles. The minimum atomic E-state index is -0.139. The molecule has 2 fully saturated rings. The Morgan fingerprint density at radius 1 is 1.24 bits per heavy atom. The van der Waals surface area contributed by atoms with Crippen LogP contribution in [-0.2, 0) is 0 Å². The van der Waals surface area contributed by atoms with Gasteiger partial charge in [0.05, 0.1) is 0 Å². The normalized spacial score (nSPS) is 30.5. The Labute approximate surface area is 102 Å². The maximum Gasteiger partial charge on any atom is 0.123 e. The van der Waals surface area contributed by atoms with E-state index in [1.807, 2.05) is 6.07 Å². The first-order chi connectivity index (χ1) is 8.22. The molecule has 2 aliphatic rings. The van der Waals surface area contributed by atoms with Gasteiger partial charge in [-0.2, -0.15) is 0 Å². The lowest BCUT2D eigenvalue weighted by Crippen LogP contribution is -2.47. The van der Waals surface area contributed by atoms with Gasteiger partial charge in [-0.15, -0.1) is 0 Å². The number of likely N-dealkylation sites (tertiary alicyclic amines) is 1. The van der Waals surface area contributed by atoms with Gasteiger partial charge in [0.2, 0.25) is 0 Å². The van der Waals surface area contributed by atoms with Crippen LogP contribution in [0.25, 0.3) is 0 Å². The van der Waals surface area contributed by atoms with Crippen LogP contribution in [0.1, 0.15) is 30.7 Å². The van der Waals surface area contributed by atoms with Gasteiger partial charge in [-0.25, -0.2) is 4.39 Å². The molecule has 1 aliphatic heterocycles. The van der Waals surface area contributed by atoms with Gasteiger partial charge in [-0.05, 0) is 42.9 Å². The van der Waals surface area contributed by atoms with Crippen molar-refractivity contribution >= 4 is 0 Å². The predicted octanol–water partition coefficient (Wildman–Crippen LogP) is 2.10. The topological polar surface area (TPSA) is 29.3 Å². The smallest absolute Gasteiger partial charge is 0.123 e. The summed E-state index contributed by atoms with van der Waals surface area (Å²) in [5, 5.41) is 0. The number of rotatable bonds is 2. The van der Waals surface area contributed by atoms with E-state index in [1.165, 1.54) is 18.9 Å². The molecule has 1 aromatic rings. The summed E-state index contributed by atoms with van der Waals surface area (Å²) in [5.74, 6) is 0.259. The molecule has 2 nitrogen and oxygen atoms in total. The number of hydrogen-bond donors (Lipinski definition) is 1. The zero-order valence-electron chi connectivity index (χ0n) is 9.98. The molecule has 1 aromatic carbocycles. The third kappa shape index (κ3) is 2.50. The molecule has 0 spiro atoms. The van der Waals surface area contributed by atoms with Crippen molar-refractivity contribution in [3.63, 3.8) is 0 Å². The SMILES string of the molecule is NC1CC(c2cccc(F)c2)CN(C2CC2)C1. The molecule has 0 radical (unpaired) electrons. The van der Waals surface area contributed by atoms with Crippen LogP contribution in [0.3, 0.4) is 0 Å².